The first kappa shape index (κ1) is 20.3. The number of carbonyl (C=O) groups excluding carboxylic acids is 4. The minimum absolute atomic E-state index is 0.439. The molecule has 4 amide bonds. The van der Waals surface area contributed by atoms with Crippen LogP contribution in [-0.4, -0.2) is 71.6 Å². The number of hydrogen-bond donors (Lipinski definition) is 7. The van der Waals surface area contributed by atoms with Gasteiger partial charge >= 0.3 is 5.97 Å². The van der Waals surface area contributed by atoms with Crippen LogP contribution in [0.3, 0.4) is 0 Å². The Hall–Kier alpha value is -2.73. The van der Waals surface area contributed by atoms with Crippen molar-refractivity contribution in [2.75, 3.05) is 19.7 Å². The second kappa shape index (κ2) is 10.1. The molecule has 0 rings (SSSR count). The fraction of sp³-hybridized carbons (Fsp3) is 0.545. The third kappa shape index (κ3) is 8.33. The Morgan fingerprint density at radius 1 is 1.00 bits per heavy atom. The highest BCUT2D eigenvalue weighted by atomic mass is 16.4. The van der Waals surface area contributed by atoms with Gasteiger partial charge in [0, 0.05) is 0 Å². The molecule has 2 atom stereocenters. The molecule has 2 unspecified atom stereocenters. The summed E-state index contributed by atoms with van der Waals surface area (Å²) in [6.07, 6.45) is -0.549. The molecule has 0 aliphatic carbocycles. The van der Waals surface area contributed by atoms with Gasteiger partial charge in [-0.25, -0.2) is 0 Å². The van der Waals surface area contributed by atoms with Gasteiger partial charge in [0.1, 0.15) is 18.6 Å². The lowest BCUT2D eigenvalue weighted by Gasteiger charge is -2.21. The van der Waals surface area contributed by atoms with Gasteiger partial charge in [0.05, 0.1) is 19.6 Å². The van der Waals surface area contributed by atoms with Gasteiger partial charge in [-0.05, 0) is 0 Å². The molecular formula is C11H19N5O7. The van der Waals surface area contributed by atoms with Crippen LogP contribution in [0, 0.1) is 0 Å². The summed E-state index contributed by atoms with van der Waals surface area (Å²) in [6.45, 7) is -1.98. The van der Waals surface area contributed by atoms with Crippen LogP contribution >= 0.6 is 0 Å². The Balaban J connectivity index is 4.83. The van der Waals surface area contributed by atoms with E-state index in [2.05, 4.69) is 10.6 Å². The second-order valence-corrected chi connectivity index (χ2v) is 4.35. The van der Waals surface area contributed by atoms with Gasteiger partial charge in [0.25, 0.3) is 0 Å². The van der Waals surface area contributed by atoms with Crippen LogP contribution in [0.1, 0.15) is 6.42 Å². The molecule has 0 bridgehead atoms. The summed E-state index contributed by atoms with van der Waals surface area (Å²) in [5.74, 6) is -4.86. The predicted molar refractivity (Wildman–Crippen MR) is 74.5 cm³/mol. The van der Waals surface area contributed by atoms with Crippen molar-refractivity contribution in [3.63, 3.8) is 0 Å². The zero-order valence-corrected chi connectivity index (χ0v) is 12.1. The molecule has 0 saturated heterocycles. The van der Waals surface area contributed by atoms with Crippen molar-refractivity contribution in [2.45, 2.75) is 18.5 Å². The van der Waals surface area contributed by atoms with Crippen molar-refractivity contribution in [3.05, 3.63) is 0 Å². The summed E-state index contributed by atoms with van der Waals surface area (Å²) in [4.78, 5) is 56.0. The van der Waals surface area contributed by atoms with E-state index in [1.807, 2.05) is 5.32 Å². The molecule has 0 saturated carbocycles. The van der Waals surface area contributed by atoms with Gasteiger partial charge in [-0.2, -0.15) is 0 Å². The van der Waals surface area contributed by atoms with Crippen molar-refractivity contribution < 1.29 is 34.2 Å². The van der Waals surface area contributed by atoms with Crippen LogP contribution in [0.5, 0.6) is 0 Å². The number of carboxylic acid groups (broad SMARTS) is 1. The Kier molecular flexibility index (Phi) is 8.88. The number of primary amides is 1. The molecule has 0 radical (unpaired) electrons. The summed E-state index contributed by atoms with van der Waals surface area (Å²) in [5.41, 5.74) is 10.0. The van der Waals surface area contributed by atoms with Gasteiger partial charge in [-0.3, -0.25) is 24.0 Å². The highest BCUT2D eigenvalue weighted by Crippen LogP contribution is 1.94. The van der Waals surface area contributed by atoms with E-state index in [0.717, 1.165) is 0 Å². The molecule has 0 spiro atoms. The molecule has 0 heterocycles. The van der Waals surface area contributed by atoms with E-state index < -0.39 is 67.8 Å². The van der Waals surface area contributed by atoms with Crippen LogP contribution in [0.25, 0.3) is 0 Å². The lowest BCUT2D eigenvalue weighted by Crippen LogP contribution is -2.56. The Morgan fingerprint density at radius 2 is 1.61 bits per heavy atom. The van der Waals surface area contributed by atoms with Crippen molar-refractivity contribution in [3.8, 4) is 0 Å². The topological polar surface area (TPSA) is 214 Å². The first-order chi connectivity index (χ1) is 10.7. The third-order valence-electron chi connectivity index (χ3n) is 2.47. The van der Waals surface area contributed by atoms with Gasteiger partial charge in [-0.1, -0.05) is 0 Å². The maximum atomic E-state index is 12.0. The average molecular weight is 333 g/mol. The number of amides is 4. The quantitative estimate of drug-likeness (QED) is 0.205. The number of hydrogen-bond acceptors (Lipinski definition) is 7. The molecule has 23 heavy (non-hydrogen) atoms. The fourth-order valence-electron chi connectivity index (χ4n) is 1.42. The predicted octanol–water partition coefficient (Wildman–Crippen LogP) is -5.02. The van der Waals surface area contributed by atoms with Crippen molar-refractivity contribution >= 4 is 29.6 Å². The molecule has 0 aliphatic rings. The van der Waals surface area contributed by atoms with E-state index in [0.29, 0.717) is 0 Å². The summed E-state index contributed by atoms with van der Waals surface area (Å²) < 4.78 is 0. The normalized spacial score (nSPS) is 12.6. The summed E-state index contributed by atoms with van der Waals surface area (Å²) in [7, 11) is 0. The minimum atomic E-state index is -1.47. The molecular weight excluding hydrogens is 314 g/mol. The molecule has 0 aliphatic heterocycles. The standard InChI is InChI=1S/C11H19N5O7/c12-2-8(19)15-5(1-7(13)18)11(23)16-6(4-17)10(22)14-3-9(20)21/h5-6,17H,1-4,12H2,(H2,13,18)(H,14,22)(H,15,19)(H,16,23)(H,20,21). The van der Waals surface area contributed by atoms with E-state index in [-0.39, 0.29) is 0 Å². The summed E-state index contributed by atoms with van der Waals surface area (Å²) in [5, 5.41) is 23.7. The maximum absolute atomic E-state index is 12.0. The molecule has 0 fully saturated rings. The maximum Gasteiger partial charge on any atom is 0.322 e. The van der Waals surface area contributed by atoms with Gasteiger partial charge in [-0.15, -0.1) is 0 Å². The van der Waals surface area contributed by atoms with Gasteiger partial charge in [0.15, 0.2) is 0 Å². The van der Waals surface area contributed by atoms with E-state index >= 15 is 0 Å². The number of aliphatic hydroxyl groups is 1. The Labute approximate surface area is 130 Å². The SMILES string of the molecule is NCC(=O)NC(CC(N)=O)C(=O)NC(CO)C(=O)NCC(=O)O. The first-order valence-corrected chi connectivity index (χ1v) is 6.39. The van der Waals surface area contributed by atoms with Crippen LogP contribution < -0.4 is 27.4 Å². The second-order valence-electron chi connectivity index (χ2n) is 4.35. The van der Waals surface area contributed by atoms with E-state index in [9.17, 15) is 24.0 Å². The molecule has 130 valence electrons. The number of aliphatic carboxylic acids is 1. The molecule has 12 heteroatoms. The number of nitrogens with two attached hydrogens (primary N) is 2. The van der Waals surface area contributed by atoms with Crippen LogP contribution in [0.2, 0.25) is 0 Å². The minimum Gasteiger partial charge on any atom is -0.480 e. The fourth-order valence-corrected chi connectivity index (χ4v) is 1.42. The lowest BCUT2D eigenvalue weighted by molar-refractivity contribution is -0.139. The monoisotopic (exact) mass is 333 g/mol. The average Bonchev–Trinajstić information content (AvgIpc) is 2.48. The van der Waals surface area contributed by atoms with E-state index in [1.54, 1.807) is 0 Å². The summed E-state index contributed by atoms with van der Waals surface area (Å²) >= 11 is 0. The van der Waals surface area contributed by atoms with E-state index in [1.165, 1.54) is 0 Å². The lowest BCUT2D eigenvalue weighted by atomic mass is 10.1. The smallest absolute Gasteiger partial charge is 0.322 e. The molecule has 9 N–H and O–H groups in total. The highest BCUT2D eigenvalue weighted by molar-refractivity contribution is 5.95. The number of nitrogens with one attached hydrogen (secondary N) is 3. The highest BCUT2D eigenvalue weighted by Gasteiger charge is 2.27. The third-order valence-corrected chi connectivity index (χ3v) is 2.47. The zero-order valence-electron chi connectivity index (χ0n) is 12.1. The van der Waals surface area contributed by atoms with E-state index in [4.69, 9.17) is 21.7 Å². The van der Waals surface area contributed by atoms with Crippen molar-refractivity contribution in [2.24, 2.45) is 11.5 Å². The molecule has 0 aromatic heterocycles. The zero-order chi connectivity index (χ0) is 18.0. The van der Waals surface area contributed by atoms with Crippen molar-refractivity contribution in [1.29, 1.82) is 0 Å². The molecule has 0 aromatic rings. The molecule has 0 aromatic carbocycles. The van der Waals surface area contributed by atoms with Gasteiger partial charge in [0.2, 0.25) is 23.6 Å². The number of rotatable bonds is 10. The molecule has 12 nitrogen and oxygen atoms in total. The number of aliphatic hydroxyl groups excluding tert-OH is 1. The first-order valence-electron chi connectivity index (χ1n) is 6.39. The largest absolute Gasteiger partial charge is 0.480 e. The Morgan fingerprint density at radius 3 is 2.04 bits per heavy atom. The van der Waals surface area contributed by atoms with Crippen molar-refractivity contribution in [1.82, 2.24) is 16.0 Å². The van der Waals surface area contributed by atoms with Crippen LogP contribution in [0.4, 0.5) is 0 Å². The summed E-state index contributed by atoms with van der Waals surface area (Å²) in [6, 6.07) is -2.85. The van der Waals surface area contributed by atoms with Crippen LogP contribution in [-0.2, 0) is 24.0 Å². The number of carboxylic acids is 1. The number of carbonyl (C=O) groups is 5. The van der Waals surface area contributed by atoms with Gasteiger partial charge < -0.3 is 37.6 Å². The Bertz CT molecular complexity index is 481. The van der Waals surface area contributed by atoms with Crippen LogP contribution in [0.15, 0.2) is 0 Å².